The van der Waals surface area contributed by atoms with Crippen molar-refractivity contribution in [3.63, 3.8) is 0 Å². The Hall–Kier alpha value is -3.01. The van der Waals surface area contributed by atoms with Crippen LogP contribution in [0.4, 0.5) is 11.4 Å². The lowest BCUT2D eigenvalue weighted by atomic mass is 10.0. The first kappa shape index (κ1) is 16.2. The minimum absolute atomic E-state index is 0.0856. The average Bonchev–Trinajstić information content (AvgIpc) is 3.39. The number of anilines is 2. The summed E-state index contributed by atoms with van der Waals surface area (Å²) in [4.78, 5) is 17.9. The van der Waals surface area contributed by atoms with E-state index in [9.17, 15) is 4.79 Å². The van der Waals surface area contributed by atoms with Gasteiger partial charge in [0.05, 0.1) is 11.4 Å². The number of amides is 1. The molecule has 0 radical (unpaired) electrons. The number of rotatable bonds is 2. The Bertz CT molecular complexity index is 993. The molecule has 1 fully saturated rings. The molecule has 2 aliphatic heterocycles. The molecule has 3 heterocycles. The summed E-state index contributed by atoms with van der Waals surface area (Å²) in [5.74, 6) is 0.0856. The smallest absolute Gasteiger partial charge is 0.258 e. The zero-order chi connectivity index (χ0) is 18.4. The Labute approximate surface area is 159 Å². The Morgan fingerprint density at radius 1 is 0.963 bits per heavy atom. The highest BCUT2D eigenvalue weighted by molar-refractivity contribution is 6.09. The molecule has 2 aromatic carbocycles. The van der Waals surface area contributed by atoms with Gasteiger partial charge in [0.1, 0.15) is 0 Å². The molecule has 0 N–H and O–H groups in total. The molecule has 1 aromatic heterocycles. The van der Waals surface area contributed by atoms with Crippen LogP contribution in [0.25, 0.3) is 5.69 Å². The van der Waals surface area contributed by atoms with E-state index in [-0.39, 0.29) is 5.91 Å². The topological polar surface area (TPSA) is 28.5 Å². The van der Waals surface area contributed by atoms with Crippen molar-refractivity contribution in [3.8, 4) is 5.69 Å². The minimum Gasteiger partial charge on any atom is -0.365 e. The van der Waals surface area contributed by atoms with Crippen LogP contribution in [0, 0.1) is 6.92 Å². The summed E-state index contributed by atoms with van der Waals surface area (Å²) in [6.07, 6.45) is 6.39. The summed E-state index contributed by atoms with van der Waals surface area (Å²) in [5, 5.41) is 0. The number of fused-ring (bicyclic) bond motifs is 3. The fourth-order valence-electron chi connectivity index (χ4n) is 4.45. The zero-order valence-electron chi connectivity index (χ0n) is 15.5. The van der Waals surface area contributed by atoms with Crippen molar-refractivity contribution in [2.24, 2.45) is 0 Å². The lowest BCUT2D eigenvalue weighted by molar-refractivity contribution is 0.0984. The van der Waals surface area contributed by atoms with Crippen LogP contribution in [-0.4, -0.2) is 29.6 Å². The molecule has 1 saturated heterocycles. The van der Waals surface area contributed by atoms with Crippen LogP contribution >= 0.6 is 0 Å². The molecule has 3 aromatic rings. The van der Waals surface area contributed by atoms with Crippen LogP contribution in [0.2, 0.25) is 0 Å². The molecule has 136 valence electrons. The quantitative estimate of drug-likeness (QED) is 0.679. The maximum atomic E-state index is 13.5. The van der Waals surface area contributed by atoms with Crippen LogP contribution < -0.4 is 9.80 Å². The third-order valence-electron chi connectivity index (χ3n) is 5.84. The van der Waals surface area contributed by atoms with Gasteiger partial charge in [0.2, 0.25) is 0 Å². The second kappa shape index (κ2) is 6.31. The first-order chi connectivity index (χ1) is 13.2. The van der Waals surface area contributed by atoms with E-state index in [1.165, 1.54) is 12.1 Å². The predicted octanol–water partition coefficient (Wildman–Crippen LogP) is 4.41. The third kappa shape index (κ3) is 2.64. The number of benzene rings is 2. The maximum absolute atomic E-state index is 13.5. The van der Waals surface area contributed by atoms with Crippen LogP contribution in [-0.2, 0) is 0 Å². The largest absolute Gasteiger partial charge is 0.365 e. The van der Waals surface area contributed by atoms with Gasteiger partial charge in [-0.15, -0.1) is 0 Å². The first-order valence-electron chi connectivity index (χ1n) is 9.64. The molecule has 4 heteroatoms. The maximum Gasteiger partial charge on any atom is 0.258 e. The van der Waals surface area contributed by atoms with E-state index >= 15 is 0 Å². The highest BCUT2D eigenvalue weighted by Gasteiger charge is 2.36. The number of hydrogen-bond donors (Lipinski definition) is 0. The van der Waals surface area contributed by atoms with Gasteiger partial charge >= 0.3 is 0 Å². The van der Waals surface area contributed by atoms with E-state index in [0.717, 1.165) is 42.0 Å². The van der Waals surface area contributed by atoms with Crippen molar-refractivity contribution in [3.05, 3.63) is 78.1 Å². The fraction of sp³-hybridized carbons (Fsp3) is 0.261. The van der Waals surface area contributed by atoms with Crippen molar-refractivity contribution in [1.29, 1.82) is 0 Å². The Kier molecular flexibility index (Phi) is 3.78. The van der Waals surface area contributed by atoms with E-state index in [2.05, 4.69) is 34.6 Å². The van der Waals surface area contributed by atoms with Crippen LogP contribution in [0.3, 0.4) is 0 Å². The summed E-state index contributed by atoms with van der Waals surface area (Å²) in [5.41, 5.74) is 5.18. The van der Waals surface area contributed by atoms with E-state index in [1.807, 2.05) is 53.7 Å². The number of para-hydroxylation sites is 2. The molecule has 0 saturated carbocycles. The number of aryl methyl sites for hydroxylation is 1. The Balaban J connectivity index is 1.55. The standard InChI is InChI=1S/C23H23N3O/c1-17-10-11-18(15-22(17)24-12-4-5-13-24)23(27)26-16-19-7-6-14-25(19)20-8-2-3-9-21(20)26/h2-5,8-13,15,19H,6-7,14,16H2,1H3/t19-/m1/s1. The number of carbonyl (C=O) groups is 1. The summed E-state index contributed by atoms with van der Waals surface area (Å²) in [6.45, 7) is 3.94. The predicted molar refractivity (Wildman–Crippen MR) is 109 cm³/mol. The molecule has 1 atom stereocenters. The molecule has 27 heavy (non-hydrogen) atoms. The molecule has 1 amide bonds. The molecule has 0 spiro atoms. The second-order valence-electron chi connectivity index (χ2n) is 7.49. The molecule has 5 rings (SSSR count). The zero-order valence-corrected chi connectivity index (χ0v) is 15.5. The highest BCUT2D eigenvalue weighted by Crippen LogP contribution is 2.39. The van der Waals surface area contributed by atoms with Gasteiger partial charge < -0.3 is 14.4 Å². The normalized spacial score (nSPS) is 18.3. The van der Waals surface area contributed by atoms with E-state index < -0.39 is 0 Å². The number of carbonyl (C=O) groups excluding carboxylic acids is 1. The summed E-state index contributed by atoms with van der Waals surface area (Å²) < 4.78 is 2.06. The van der Waals surface area contributed by atoms with Crippen molar-refractivity contribution >= 4 is 17.3 Å². The second-order valence-corrected chi connectivity index (χ2v) is 7.49. The van der Waals surface area contributed by atoms with Crippen molar-refractivity contribution in [2.75, 3.05) is 22.9 Å². The molecule has 2 aliphatic rings. The monoisotopic (exact) mass is 357 g/mol. The summed E-state index contributed by atoms with van der Waals surface area (Å²) >= 11 is 0. The van der Waals surface area contributed by atoms with E-state index in [0.29, 0.717) is 6.04 Å². The van der Waals surface area contributed by atoms with Crippen LogP contribution in [0.15, 0.2) is 67.0 Å². The number of aromatic nitrogens is 1. The van der Waals surface area contributed by atoms with Gasteiger partial charge in [-0.25, -0.2) is 0 Å². The fourth-order valence-corrected chi connectivity index (χ4v) is 4.45. The number of nitrogens with zero attached hydrogens (tertiary/aromatic N) is 3. The Morgan fingerprint density at radius 3 is 2.56 bits per heavy atom. The Morgan fingerprint density at radius 2 is 1.74 bits per heavy atom. The van der Waals surface area contributed by atoms with Crippen molar-refractivity contribution < 1.29 is 4.79 Å². The lowest BCUT2D eigenvalue weighted by Gasteiger charge is -2.40. The molecule has 0 bridgehead atoms. The highest BCUT2D eigenvalue weighted by atomic mass is 16.2. The minimum atomic E-state index is 0.0856. The van der Waals surface area contributed by atoms with Gasteiger partial charge in [-0.1, -0.05) is 18.2 Å². The van der Waals surface area contributed by atoms with Gasteiger partial charge in [0.25, 0.3) is 5.91 Å². The number of hydrogen-bond acceptors (Lipinski definition) is 2. The van der Waals surface area contributed by atoms with E-state index in [1.54, 1.807) is 0 Å². The SMILES string of the molecule is Cc1ccc(C(=O)N2C[C@H]3CCCN3c3ccccc32)cc1-n1cccc1. The average molecular weight is 357 g/mol. The molecular formula is C23H23N3O. The van der Waals surface area contributed by atoms with Crippen LogP contribution in [0.1, 0.15) is 28.8 Å². The van der Waals surface area contributed by atoms with Gasteiger partial charge in [0, 0.05) is 42.8 Å². The van der Waals surface area contributed by atoms with Crippen LogP contribution in [0.5, 0.6) is 0 Å². The molecule has 4 nitrogen and oxygen atoms in total. The van der Waals surface area contributed by atoms with Gasteiger partial charge in [-0.2, -0.15) is 0 Å². The third-order valence-corrected chi connectivity index (χ3v) is 5.84. The van der Waals surface area contributed by atoms with Gasteiger partial charge in [-0.3, -0.25) is 4.79 Å². The van der Waals surface area contributed by atoms with Crippen molar-refractivity contribution in [2.45, 2.75) is 25.8 Å². The van der Waals surface area contributed by atoms with Gasteiger partial charge in [-0.05, 0) is 61.7 Å². The molecule has 0 aliphatic carbocycles. The molecule has 0 unspecified atom stereocenters. The molecular weight excluding hydrogens is 334 g/mol. The summed E-state index contributed by atoms with van der Waals surface area (Å²) in [6, 6.07) is 18.8. The summed E-state index contributed by atoms with van der Waals surface area (Å²) in [7, 11) is 0. The lowest BCUT2D eigenvalue weighted by Crippen LogP contribution is -2.48. The van der Waals surface area contributed by atoms with Gasteiger partial charge in [0.15, 0.2) is 0 Å². The van der Waals surface area contributed by atoms with Crippen molar-refractivity contribution in [1.82, 2.24) is 4.57 Å². The first-order valence-corrected chi connectivity index (χ1v) is 9.64. The van der Waals surface area contributed by atoms with E-state index in [4.69, 9.17) is 0 Å².